The summed E-state index contributed by atoms with van der Waals surface area (Å²) >= 11 is 0. The zero-order valence-electron chi connectivity index (χ0n) is 9.89. The summed E-state index contributed by atoms with van der Waals surface area (Å²) in [6.07, 6.45) is 4.36. The molecule has 0 fully saturated rings. The van der Waals surface area contributed by atoms with Crippen molar-refractivity contribution >= 4 is 0 Å². The number of nitrogens with one attached hydrogen (secondary N) is 1. The van der Waals surface area contributed by atoms with Crippen molar-refractivity contribution in [3.05, 3.63) is 53.3 Å². The summed E-state index contributed by atoms with van der Waals surface area (Å²) in [5, 5.41) is 8.08. The minimum Gasteiger partial charge on any atom is -0.316 e. The molecule has 1 aromatic heterocycles. The maximum Gasteiger partial charge on any atom is 0.0669 e. The van der Waals surface area contributed by atoms with Gasteiger partial charge in [-0.1, -0.05) is 30.3 Å². The maximum absolute atomic E-state index is 4.68. The van der Waals surface area contributed by atoms with E-state index in [0.717, 1.165) is 32.5 Å². The second-order valence-corrected chi connectivity index (χ2v) is 4.53. The van der Waals surface area contributed by atoms with Gasteiger partial charge in [0.25, 0.3) is 0 Å². The Labute approximate surface area is 101 Å². The first-order valence-electron chi connectivity index (χ1n) is 6.22. The van der Waals surface area contributed by atoms with E-state index in [1.807, 2.05) is 6.07 Å². The van der Waals surface area contributed by atoms with Gasteiger partial charge in [-0.05, 0) is 24.1 Å². The van der Waals surface area contributed by atoms with Crippen LogP contribution in [0.2, 0.25) is 0 Å². The minimum absolute atomic E-state index is 0.876. The number of fused-ring (bicyclic) bond motifs is 1. The van der Waals surface area contributed by atoms with Crippen LogP contribution >= 0.6 is 0 Å². The number of nitrogens with zero attached hydrogens (tertiary/aromatic N) is 2. The average molecular weight is 227 g/mol. The highest BCUT2D eigenvalue weighted by Gasteiger charge is 2.11. The van der Waals surface area contributed by atoms with E-state index in [1.54, 1.807) is 0 Å². The Morgan fingerprint density at radius 1 is 1.12 bits per heavy atom. The molecule has 88 valence electrons. The molecule has 3 rings (SSSR count). The van der Waals surface area contributed by atoms with Crippen LogP contribution in [0.1, 0.15) is 16.8 Å². The molecule has 17 heavy (non-hydrogen) atoms. The molecule has 0 atom stereocenters. The summed E-state index contributed by atoms with van der Waals surface area (Å²) in [6, 6.07) is 10.5. The molecule has 1 N–H and O–H groups in total. The van der Waals surface area contributed by atoms with Gasteiger partial charge in [-0.2, -0.15) is 5.10 Å². The van der Waals surface area contributed by atoms with Crippen molar-refractivity contribution in [1.29, 1.82) is 0 Å². The van der Waals surface area contributed by atoms with Gasteiger partial charge in [-0.3, -0.25) is 4.68 Å². The van der Waals surface area contributed by atoms with Crippen LogP contribution in [0, 0.1) is 0 Å². The smallest absolute Gasteiger partial charge is 0.0669 e. The first-order valence-corrected chi connectivity index (χ1v) is 6.22. The van der Waals surface area contributed by atoms with Crippen molar-refractivity contribution < 1.29 is 0 Å². The number of hydrogen-bond acceptors (Lipinski definition) is 2. The van der Waals surface area contributed by atoms with Crippen molar-refractivity contribution in [2.24, 2.45) is 0 Å². The van der Waals surface area contributed by atoms with Crippen LogP contribution in [-0.4, -0.2) is 22.9 Å². The van der Waals surface area contributed by atoms with Crippen LogP contribution in [0.4, 0.5) is 0 Å². The fourth-order valence-electron chi connectivity index (χ4n) is 2.33. The molecule has 1 aliphatic rings. The van der Waals surface area contributed by atoms with Crippen molar-refractivity contribution in [3.63, 3.8) is 0 Å². The molecular weight excluding hydrogens is 210 g/mol. The largest absolute Gasteiger partial charge is 0.316 e. The highest BCUT2D eigenvalue weighted by molar-refractivity contribution is 5.21. The van der Waals surface area contributed by atoms with Crippen LogP contribution < -0.4 is 5.32 Å². The Bertz CT molecular complexity index is 464. The Hall–Kier alpha value is -1.61. The van der Waals surface area contributed by atoms with Gasteiger partial charge in [-0.25, -0.2) is 0 Å². The molecule has 1 aliphatic heterocycles. The van der Waals surface area contributed by atoms with Crippen LogP contribution in [0.15, 0.2) is 36.5 Å². The van der Waals surface area contributed by atoms with Gasteiger partial charge in [0, 0.05) is 19.2 Å². The minimum atomic E-state index is 0.876. The standard InChI is InChI=1S/C14H17N3/c1-2-4-12(5-3-1)10-17-11-13-6-8-15-9-7-14(13)16-17/h1-5,11,15H,6-10H2. The molecular formula is C14H17N3. The van der Waals surface area contributed by atoms with E-state index in [9.17, 15) is 0 Å². The summed E-state index contributed by atoms with van der Waals surface area (Å²) in [5.74, 6) is 0. The number of hydrogen-bond donors (Lipinski definition) is 1. The molecule has 3 nitrogen and oxygen atoms in total. The van der Waals surface area contributed by atoms with Gasteiger partial charge in [0.15, 0.2) is 0 Å². The van der Waals surface area contributed by atoms with Gasteiger partial charge in [0.05, 0.1) is 12.2 Å². The highest BCUT2D eigenvalue weighted by Crippen LogP contribution is 2.12. The van der Waals surface area contributed by atoms with Crippen molar-refractivity contribution in [1.82, 2.24) is 15.1 Å². The first kappa shape index (κ1) is 10.5. The Morgan fingerprint density at radius 3 is 2.82 bits per heavy atom. The van der Waals surface area contributed by atoms with E-state index in [2.05, 4.69) is 45.6 Å². The molecule has 0 radical (unpaired) electrons. The molecule has 0 saturated heterocycles. The second-order valence-electron chi connectivity index (χ2n) is 4.53. The third-order valence-electron chi connectivity index (χ3n) is 3.22. The summed E-state index contributed by atoms with van der Waals surface area (Å²) in [5.41, 5.74) is 3.99. The monoisotopic (exact) mass is 227 g/mol. The van der Waals surface area contributed by atoms with Crippen molar-refractivity contribution in [3.8, 4) is 0 Å². The summed E-state index contributed by atoms with van der Waals surface area (Å²) in [6.45, 7) is 3.00. The molecule has 2 heterocycles. The fraction of sp³-hybridized carbons (Fsp3) is 0.357. The van der Waals surface area contributed by atoms with E-state index >= 15 is 0 Å². The normalized spacial score (nSPS) is 15.3. The SMILES string of the molecule is c1ccc(Cn2cc3c(n2)CCNCC3)cc1. The predicted molar refractivity (Wildman–Crippen MR) is 68.0 cm³/mol. The maximum atomic E-state index is 4.68. The van der Waals surface area contributed by atoms with E-state index in [-0.39, 0.29) is 0 Å². The van der Waals surface area contributed by atoms with E-state index in [1.165, 1.54) is 16.8 Å². The summed E-state index contributed by atoms with van der Waals surface area (Å²) < 4.78 is 2.07. The van der Waals surface area contributed by atoms with Crippen LogP contribution in [0.25, 0.3) is 0 Å². The quantitative estimate of drug-likeness (QED) is 0.845. The Morgan fingerprint density at radius 2 is 1.94 bits per heavy atom. The number of rotatable bonds is 2. The lowest BCUT2D eigenvalue weighted by molar-refractivity contribution is 0.649. The van der Waals surface area contributed by atoms with Crippen LogP contribution in [0.3, 0.4) is 0 Å². The van der Waals surface area contributed by atoms with Gasteiger partial charge in [-0.15, -0.1) is 0 Å². The molecule has 0 aliphatic carbocycles. The van der Waals surface area contributed by atoms with Crippen LogP contribution in [-0.2, 0) is 19.4 Å². The fourth-order valence-corrected chi connectivity index (χ4v) is 2.33. The van der Waals surface area contributed by atoms with Gasteiger partial charge in [0.2, 0.25) is 0 Å². The molecule has 0 bridgehead atoms. The molecule has 0 spiro atoms. The van der Waals surface area contributed by atoms with Crippen molar-refractivity contribution in [2.45, 2.75) is 19.4 Å². The zero-order chi connectivity index (χ0) is 11.5. The third-order valence-corrected chi connectivity index (χ3v) is 3.22. The molecule has 0 unspecified atom stereocenters. The Balaban J connectivity index is 1.81. The zero-order valence-corrected chi connectivity index (χ0v) is 9.89. The second kappa shape index (κ2) is 4.72. The molecule has 0 saturated carbocycles. The molecule has 2 aromatic rings. The summed E-state index contributed by atoms with van der Waals surface area (Å²) in [4.78, 5) is 0. The lowest BCUT2D eigenvalue weighted by Crippen LogP contribution is -2.17. The lowest BCUT2D eigenvalue weighted by atomic mass is 10.2. The predicted octanol–water partition coefficient (Wildman–Crippen LogP) is 1.62. The topological polar surface area (TPSA) is 29.9 Å². The van der Waals surface area contributed by atoms with Gasteiger partial charge >= 0.3 is 0 Å². The molecule has 0 amide bonds. The average Bonchev–Trinajstić information content (AvgIpc) is 2.60. The van der Waals surface area contributed by atoms with Crippen molar-refractivity contribution in [2.75, 3.05) is 13.1 Å². The lowest BCUT2D eigenvalue weighted by Gasteiger charge is -2.02. The third kappa shape index (κ3) is 2.39. The summed E-state index contributed by atoms with van der Waals surface area (Å²) in [7, 11) is 0. The van der Waals surface area contributed by atoms with E-state index in [0.29, 0.717) is 0 Å². The van der Waals surface area contributed by atoms with Crippen LogP contribution in [0.5, 0.6) is 0 Å². The van der Waals surface area contributed by atoms with E-state index in [4.69, 9.17) is 0 Å². The highest BCUT2D eigenvalue weighted by atomic mass is 15.3. The van der Waals surface area contributed by atoms with E-state index < -0.39 is 0 Å². The first-order chi connectivity index (χ1) is 8.42. The van der Waals surface area contributed by atoms with Gasteiger partial charge < -0.3 is 5.32 Å². The van der Waals surface area contributed by atoms with Gasteiger partial charge in [0.1, 0.15) is 0 Å². The Kier molecular flexibility index (Phi) is 2.92. The molecule has 3 heteroatoms. The number of benzene rings is 1. The molecule has 1 aromatic carbocycles. The number of aromatic nitrogens is 2.